The molecule has 0 heterocycles. The summed E-state index contributed by atoms with van der Waals surface area (Å²) in [4.78, 5) is 0. The van der Waals surface area contributed by atoms with Gasteiger partial charge in [-0.25, -0.2) is 4.39 Å². The summed E-state index contributed by atoms with van der Waals surface area (Å²) >= 11 is 0. The largest absolute Gasteiger partial charge is 0.207 e. The third-order valence-electron chi connectivity index (χ3n) is 2.55. The van der Waals surface area contributed by atoms with Crippen molar-refractivity contribution in [2.24, 2.45) is 0 Å². The fourth-order valence-corrected chi connectivity index (χ4v) is 1.66. The molecule has 0 saturated heterocycles. The molecule has 1 fully saturated rings. The Balaban J connectivity index is 2.51. The van der Waals surface area contributed by atoms with E-state index in [9.17, 15) is 4.39 Å². The molecule has 0 nitrogen and oxygen atoms in total. The van der Waals surface area contributed by atoms with Gasteiger partial charge in [0.15, 0.2) is 0 Å². The number of benzene rings is 1. The van der Waals surface area contributed by atoms with Crippen LogP contribution in [-0.4, -0.2) is 0 Å². The molecule has 1 aromatic rings. The van der Waals surface area contributed by atoms with Gasteiger partial charge in [-0.1, -0.05) is 6.07 Å². The zero-order valence-electron chi connectivity index (χ0n) is 7.52. The summed E-state index contributed by atoms with van der Waals surface area (Å²) in [5.74, 6) is 0.608. The summed E-state index contributed by atoms with van der Waals surface area (Å²) in [6.45, 7) is 3.83. The Kier molecular flexibility index (Phi) is 1.67. The van der Waals surface area contributed by atoms with Crippen LogP contribution in [0.5, 0.6) is 0 Å². The van der Waals surface area contributed by atoms with E-state index in [2.05, 4.69) is 6.07 Å². The molecule has 0 spiro atoms. The lowest BCUT2D eigenvalue weighted by Crippen LogP contribution is -1.92. The minimum Gasteiger partial charge on any atom is -0.207 e. The van der Waals surface area contributed by atoms with Crippen LogP contribution in [0.3, 0.4) is 0 Å². The summed E-state index contributed by atoms with van der Waals surface area (Å²) in [6.07, 6.45) is 2.48. The van der Waals surface area contributed by atoms with Gasteiger partial charge in [0.05, 0.1) is 0 Å². The van der Waals surface area contributed by atoms with Gasteiger partial charge in [0, 0.05) is 0 Å². The van der Waals surface area contributed by atoms with Crippen LogP contribution >= 0.6 is 0 Å². The molecule has 0 aromatic heterocycles. The molecule has 2 rings (SSSR count). The maximum atomic E-state index is 13.2. The summed E-state index contributed by atoms with van der Waals surface area (Å²) in [5, 5.41) is 0. The van der Waals surface area contributed by atoms with E-state index in [1.54, 1.807) is 6.07 Å². The maximum Gasteiger partial charge on any atom is 0.126 e. The van der Waals surface area contributed by atoms with Crippen LogP contribution in [0.2, 0.25) is 0 Å². The highest BCUT2D eigenvalue weighted by Gasteiger charge is 2.26. The van der Waals surface area contributed by atoms with E-state index in [0.717, 1.165) is 11.1 Å². The first-order valence-corrected chi connectivity index (χ1v) is 4.45. The molecular formula is C11H13F. The molecular weight excluding hydrogens is 151 g/mol. The Morgan fingerprint density at radius 3 is 2.50 bits per heavy atom. The van der Waals surface area contributed by atoms with Gasteiger partial charge >= 0.3 is 0 Å². The highest BCUT2D eigenvalue weighted by Crippen LogP contribution is 2.42. The highest BCUT2D eigenvalue weighted by atomic mass is 19.1. The molecule has 64 valence electrons. The van der Waals surface area contributed by atoms with Gasteiger partial charge in [0.25, 0.3) is 0 Å². The molecule has 0 unspecified atom stereocenters. The Hall–Kier alpha value is -0.850. The second-order valence-corrected chi connectivity index (χ2v) is 3.74. The van der Waals surface area contributed by atoms with Gasteiger partial charge in [0.2, 0.25) is 0 Å². The van der Waals surface area contributed by atoms with Crippen LogP contribution in [0.4, 0.5) is 4.39 Å². The lowest BCUT2D eigenvalue weighted by molar-refractivity contribution is 0.614. The Morgan fingerprint density at radius 2 is 1.92 bits per heavy atom. The Labute approximate surface area is 72.4 Å². The van der Waals surface area contributed by atoms with Crippen molar-refractivity contribution in [2.45, 2.75) is 32.6 Å². The highest BCUT2D eigenvalue weighted by molar-refractivity contribution is 5.36. The lowest BCUT2D eigenvalue weighted by Gasteiger charge is -2.06. The number of aryl methyl sites for hydroxylation is 1. The minimum absolute atomic E-state index is 0.0445. The number of rotatable bonds is 1. The van der Waals surface area contributed by atoms with Crippen molar-refractivity contribution in [2.75, 3.05) is 0 Å². The first-order valence-electron chi connectivity index (χ1n) is 4.45. The van der Waals surface area contributed by atoms with E-state index < -0.39 is 0 Å². The van der Waals surface area contributed by atoms with Crippen molar-refractivity contribution in [3.63, 3.8) is 0 Å². The van der Waals surface area contributed by atoms with Crippen molar-refractivity contribution in [3.05, 3.63) is 34.6 Å². The van der Waals surface area contributed by atoms with Crippen molar-refractivity contribution < 1.29 is 4.39 Å². The van der Waals surface area contributed by atoms with Crippen LogP contribution < -0.4 is 0 Å². The number of hydrogen-bond acceptors (Lipinski definition) is 0. The molecule has 0 aliphatic heterocycles. The molecule has 1 aromatic carbocycles. The van der Waals surface area contributed by atoms with E-state index in [1.807, 2.05) is 13.8 Å². The fourth-order valence-electron chi connectivity index (χ4n) is 1.66. The maximum absolute atomic E-state index is 13.2. The smallest absolute Gasteiger partial charge is 0.126 e. The Morgan fingerprint density at radius 1 is 1.25 bits per heavy atom. The van der Waals surface area contributed by atoms with Crippen molar-refractivity contribution >= 4 is 0 Å². The van der Waals surface area contributed by atoms with Crippen molar-refractivity contribution in [3.8, 4) is 0 Å². The topological polar surface area (TPSA) is 0 Å². The van der Waals surface area contributed by atoms with Gasteiger partial charge < -0.3 is 0 Å². The van der Waals surface area contributed by atoms with Gasteiger partial charge in [0.1, 0.15) is 5.82 Å². The van der Waals surface area contributed by atoms with Gasteiger partial charge in [-0.3, -0.25) is 0 Å². The minimum atomic E-state index is -0.0445. The zero-order chi connectivity index (χ0) is 8.72. The van der Waals surface area contributed by atoms with E-state index >= 15 is 0 Å². The third kappa shape index (κ3) is 1.24. The molecule has 0 amide bonds. The van der Waals surface area contributed by atoms with Crippen LogP contribution in [-0.2, 0) is 0 Å². The molecule has 12 heavy (non-hydrogen) atoms. The average molecular weight is 164 g/mol. The molecule has 1 heteroatoms. The Bertz CT molecular complexity index is 311. The van der Waals surface area contributed by atoms with E-state index in [4.69, 9.17) is 0 Å². The first kappa shape index (κ1) is 7.78. The number of hydrogen-bond donors (Lipinski definition) is 0. The van der Waals surface area contributed by atoms with Crippen LogP contribution in [0.25, 0.3) is 0 Å². The predicted octanol–water partition coefficient (Wildman–Crippen LogP) is 3.32. The van der Waals surface area contributed by atoms with Gasteiger partial charge in [-0.05, 0) is 55.4 Å². The fraction of sp³-hybridized carbons (Fsp3) is 0.455. The lowest BCUT2D eigenvalue weighted by atomic mass is 10.0. The first-order chi connectivity index (χ1) is 5.68. The van der Waals surface area contributed by atoms with Crippen LogP contribution in [0.1, 0.15) is 35.4 Å². The molecule has 1 aliphatic carbocycles. The van der Waals surface area contributed by atoms with Crippen LogP contribution in [0, 0.1) is 19.7 Å². The monoisotopic (exact) mass is 164 g/mol. The molecule has 1 aliphatic rings. The predicted molar refractivity (Wildman–Crippen MR) is 47.8 cm³/mol. The van der Waals surface area contributed by atoms with E-state index in [0.29, 0.717) is 5.92 Å². The quantitative estimate of drug-likeness (QED) is 0.597. The second-order valence-electron chi connectivity index (χ2n) is 3.74. The SMILES string of the molecule is Cc1cc(F)c(C)c(C2CC2)c1. The summed E-state index contributed by atoms with van der Waals surface area (Å²) in [5.41, 5.74) is 3.12. The third-order valence-corrected chi connectivity index (χ3v) is 2.55. The van der Waals surface area contributed by atoms with Crippen LogP contribution in [0.15, 0.2) is 12.1 Å². The van der Waals surface area contributed by atoms with Gasteiger partial charge in [-0.2, -0.15) is 0 Å². The molecule has 0 N–H and O–H groups in total. The van der Waals surface area contributed by atoms with Crippen molar-refractivity contribution in [1.29, 1.82) is 0 Å². The van der Waals surface area contributed by atoms with Crippen molar-refractivity contribution in [1.82, 2.24) is 0 Å². The number of halogens is 1. The van der Waals surface area contributed by atoms with Gasteiger partial charge in [-0.15, -0.1) is 0 Å². The summed E-state index contributed by atoms with van der Waals surface area (Å²) in [6, 6.07) is 3.73. The normalized spacial score (nSPS) is 16.6. The molecule has 1 saturated carbocycles. The zero-order valence-corrected chi connectivity index (χ0v) is 7.52. The van der Waals surface area contributed by atoms with E-state index in [-0.39, 0.29) is 5.82 Å². The van der Waals surface area contributed by atoms with E-state index in [1.165, 1.54) is 18.4 Å². The summed E-state index contributed by atoms with van der Waals surface area (Å²) in [7, 11) is 0. The second kappa shape index (κ2) is 2.58. The average Bonchev–Trinajstić information content (AvgIpc) is 2.79. The molecule has 0 atom stereocenters. The molecule has 0 bridgehead atoms. The summed E-state index contributed by atoms with van der Waals surface area (Å²) < 4.78 is 13.2. The molecule has 0 radical (unpaired) electrons. The standard InChI is InChI=1S/C11H13F/c1-7-5-10(9-3-4-9)8(2)11(12)6-7/h5-6,9H,3-4H2,1-2H3.